The molecule has 0 radical (unpaired) electrons. The summed E-state index contributed by atoms with van der Waals surface area (Å²) < 4.78 is 5.25. The van der Waals surface area contributed by atoms with E-state index in [1.807, 2.05) is 26.0 Å². The Morgan fingerprint density at radius 3 is 2.93 bits per heavy atom. The summed E-state index contributed by atoms with van der Waals surface area (Å²) in [6, 6.07) is 7.77. The van der Waals surface area contributed by atoms with Crippen molar-refractivity contribution in [1.29, 1.82) is 0 Å². The fourth-order valence-electron chi connectivity index (χ4n) is 5.31. The Morgan fingerprint density at radius 1 is 1.39 bits per heavy atom. The van der Waals surface area contributed by atoms with Gasteiger partial charge in [0.15, 0.2) is 0 Å². The number of nitrogens with zero attached hydrogens (tertiary/aromatic N) is 1. The third-order valence-corrected chi connectivity index (χ3v) is 6.89. The van der Waals surface area contributed by atoms with Gasteiger partial charge in [-0.1, -0.05) is 19.1 Å². The Balaban J connectivity index is 1.78. The van der Waals surface area contributed by atoms with Gasteiger partial charge in [0.2, 0.25) is 0 Å². The first-order valence-electron chi connectivity index (χ1n) is 10.4. The maximum atomic E-state index is 12.4. The van der Waals surface area contributed by atoms with Gasteiger partial charge in [-0.3, -0.25) is 0 Å². The van der Waals surface area contributed by atoms with Gasteiger partial charge in [0.1, 0.15) is 11.4 Å². The topological polar surface area (TPSA) is 65.6 Å². The molecule has 2 N–H and O–H groups in total. The summed E-state index contributed by atoms with van der Waals surface area (Å²) in [5.41, 5.74) is 5.27. The minimum atomic E-state index is -0.265. The number of rotatable bonds is 4. The number of aromatic amines is 1. The van der Waals surface area contributed by atoms with Crippen LogP contribution in [0.5, 0.6) is 5.75 Å². The molecule has 2 unspecified atom stereocenters. The third-order valence-electron chi connectivity index (χ3n) is 6.89. The second-order valence-corrected chi connectivity index (χ2v) is 8.23. The van der Waals surface area contributed by atoms with Crippen molar-refractivity contribution in [1.82, 2.24) is 9.88 Å². The number of ether oxygens (including phenoxy) is 1. The van der Waals surface area contributed by atoms with E-state index in [0.29, 0.717) is 24.0 Å². The molecule has 1 fully saturated rings. The quantitative estimate of drug-likeness (QED) is 0.793. The van der Waals surface area contributed by atoms with Crippen LogP contribution in [0.2, 0.25) is 0 Å². The van der Waals surface area contributed by atoms with Gasteiger partial charge in [-0.15, -0.1) is 0 Å². The van der Waals surface area contributed by atoms with Gasteiger partial charge in [0.05, 0.1) is 6.61 Å². The number of likely N-dealkylation sites (tertiary alicyclic amines) is 1. The average Bonchev–Trinajstić information content (AvgIpc) is 3.01. The number of phenolic OH excluding ortho intramolecular Hbond substituents is 1. The number of nitrogens with one attached hydrogen (secondary N) is 1. The maximum absolute atomic E-state index is 12.4. The molecule has 1 aliphatic carbocycles. The summed E-state index contributed by atoms with van der Waals surface area (Å²) in [5.74, 6) is 0.517. The Hall–Kier alpha value is -2.27. The van der Waals surface area contributed by atoms with E-state index in [2.05, 4.69) is 22.9 Å². The predicted octanol–water partition coefficient (Wildman–Crippen LogP) is 3.58. The number of aromatic nitrogens is 1. The molecule has 2 atom stereocenters. The number of carbonyl (C=O) groups is 1. The van der Waals surface area contributed by atoms with Crippen LogP contribution >= 0.6 is 0 Å². The van der Waals surface area contributed by atoms with Crippen molar-refractivity contribution in [2.45, 2.75) is 45.4 Å². The molecular weight excluding hydrogens is 352 g/mol. The van der Waals surface area contributed by atoms with Gasteiger partial charge in [0, 0.05) is 17.7 Å². The standard InChI is InChI=1S/C23H30N2O3/c1-4-25-10-9-23(16-7-6-8-18(26)11-16)13-20-19(12-17(23)14-25)15(3)21(24-20)22(27)28-5-2/h6-8,11,17,24,26H,4-5,9-10,12-14H2,1-3H3. The first-order valence-corrected chi connectivity index (χ1v) is 10.4. The molecule has 2 heterocycles. The molecule has 0 bridgehead atoms. The van der Waals surface area contributed by atoms with Crippen LogP contribution in [0, 0.1) is 12.8 Å². The lowest BCUT2D eigenvalue weighted by atomic mass is 9.58. The highest BCUT2D eigenvalue weighted by Crippen LogP contribution is 2.49. The summed E-state index contributed by atoms with van der Waals surface area (Å²) in [7, 11) is 0. The Morgan fingerprint density at radius 2 is 2.21 bits per heavy atom. The van der Waals surface area contributed by atoms with Crippen molar-refractivity contribution >= 4 is 5.97 Å². The van der Waals surface area contributed by atoms with Gasteiger partial charge in [-0.2, -0.15) is 0 Å². The highest BCUT2D eigenvalue weighted by molar-refractivity contribution is 5.90. The first-order chi connectivity index (χ1) is 13.5. The van der Waals surface area contributed by atoms with Crippen molar-refractivity contribution in [3.8, 4) is 5.75 Å². The molecule has 2 aromatic rings. The number of phenols is 1. The number of aromatic hydroxyl groups is 1. The Kier molecular flexibility index (Phi) is 4.96. The number of fused-ring (bicyclic) bond motifs is 2. The molecular formula is C23H30N2O3. The number of esters is 1. The van der Waals surface area contributed by atoms with Crippen LogP contribution in [-0.4, -0.2) is 47.2 Å². The van der Waals surface area contributed by atoms with Crippen molar-refractivity contribution in [2.24, 2.45) is 5.92 Å². The maximum Gasteiger partial charge on any atom is 0.355 e. The molecule has 1 aromatic carbocycles. The molecule has 0 saturated carbocycles. The van der Waals surface area contributed by atoms with Crippen LogP contribution in [0.15, 0.2) is 24.3 Å². The lowest BCUT2D eigenvalue weighted by Gasteiger charge is -2.51. The van der Waals surface area contributed by atoms with Crippen molar-refractivity contribution in [2.75, 3.05) is 26.2 Å². The highest BCUT2D eigenvalue weighted by atomic mass is 16.5. The minimum Gasteiger partial charge on any atom is -0.508 e. The lowest BCUT2D eigenvalue weighted by Crippen LogP contribution is -2.53. The fourth-order valence-corrected chi connectivity index (χ4v) is 5.31. The monoisotopic (exact) mass is 382 g/mol. The number of benzene rings is 1. The van der Waals surface area contributed by atoms with Gasteiger partial charge in [-0.05, 0) is 80.9 Å². The molecule has 1 aliphatic heterocycles. The van der Waals surface area contributed by atoms with E-state index in [1.165, 1.54) is 11.1 Å². The van der Waals surface area contributed by atoms with Gasteiger partial charge in [0.25, 0.3) is 0 Å². The average molecular weight is 383 g/mol. The van der Waals surface area contributed by atoms with E-state index in [0.717, 1.165) is 50.2 Å². The second kappa shape index (κ2) is 7.28. The van der Waals surface area contributed by atoms with Gasteiger partial charge >= 0.3 is 5.97 Å². The zero-order valence-electron chi connectivity index (χ0n) is 17.0. The number of piperidine rings is 1. The molecule has 4 rings (SSSR count). The van der Waals surface area contributed by atoms with E-state index >= 15 is 0 Å². The van der Waals surface area contributed by atoms with Crippen LogP contribution in [0.3, 0.4) is 0 Å². The zero-order valence-corrected chi connectivity index (χ0v) is 17.0. The minimum absolute atomic E-state index is 0.0133. The Bertz CT molecular complexity index is 888. The van der Waals surface area contributed by atoms with E-state index < -0.39 is 0 Å². The molecule has 5 heteroatoms. The molecule has 150 valence electrons. The molecule has 0 amide bonds. The summed E-state index contributed by atoms with van der Waals surface area (Å²) in [6.45, 7) is 9.62. The van der Waals surface area contributed by atoms with Crippen LogP contribution in [0.1, 0.15) is 53.1 Å². The van der Waals surface area contributed by atoms with E-state index in [4.69, 9.17) is 4.74 Å². The zero-order chi connectivity index (χ0) is 19.9. The summed E-state index contributed by atoms with van der Waals surface area (Å²) in [5, 5.41) is 10.1. The number of hydrogen-bond donors (Lipinski definition) is 2. The van der Waals surface area contributed by atoms with Gasteiger partial charge in [-0.25, -0.2) is 4.79 Å². The van der Waals surface area contributed by atoms with E-state index in [1.54, 1.807) is 6.07 Å². The van der Waals surface area contributed by atoms with Gasteiger partial charge < -0.3 is 19.7 Å². The normalized spacial score (nSPS) is 24.5. The summed E-state index contributed by atoms with van der Waals surface area (Å²) in [4.78, 5) is 18.3. The lowest BCUT2D eigenvalue weighted by molar-refractivity contribution is 0.0519. The largest absolute Gasteiger partial charge is 0.508 e. The van der Waals surface area contributed by atoms with Crippen molar-refractivity contribution in [3.05, 3.63) is 52.3 Å². The third kappa shape index (κ3) is 3.02. The smallest absolute Gasteiger partial charge is 0.355 e. The summed E-state index contributed by atoms with van der Waals surface area (Å²) >= 11 is 0. The SMILES string of the molecule is CCOC(=O)c1[nH]c2c(c1C)CC1CN(CC)CCC1(c1cccc(O)c1)C2. The van der Waals surface area contributed by atoms with E-state index in [-0.39, 0.29) is 11.4 Å². The molecule has 5 nitrogen and oxygen atoms in total. The van der Waals surface area contributed by atoms with Crippen LogP contribution in [-0.2, 0) is 23.0 Å². The van der Waals surface area contributed by atoms with Crippen LogP contribution in [0.4, 0.5) is 0 Å². The number of carbonyl (C=O) groups excluding carboxylic acids is 1. The van der Waals surface area contributed by atoms with Crippen molar-refractivity contribution < 1.29 is 14.6 Å². The molecule has 2 aliphatic rings. The second-order valence-electron chi connectivity index (χ2n) is 8.23. The molecule has 28 heavy (non-hydrogen) atoms. The fraction of sp³-hybridized carbons (Fsp3) is 0.522. The molecule has 1 saturated heterocycles. The number of hydrogen-bond acceptors (Lipinski definition) is 4. The van der Waals surface area contributed by atoms with E-state index in [9.17, 15) is 9.90 Å². The number of H-pyrrole nitrogens is 1. The first kappa shape index (κ1) is 19.1. The van der Waals surface area contributed by atoms with Crippen molar-refractivity contribution in [3.63, 3.8) is 0 Å². The van der Waals surface area contributed by atoms with Crippen LogP contribution < -0.4 is 0 Å². The molecule has 0 spiro atoms. The molecule has 1 aromatic heterocycles. The summed E-state index contributed by atoms with van der Waals surface area (Å²) in [6.07, 6.45) is 2.87. The predicted molar refractivity (Wildman–Crippen MR) is 109 cm³/mol. The van der Waals surface area contributed by atoms with Crippen LogP contribution in [0.25, 0.3) is 0 Å². The Labute approximate surface area is 166 Å². The highest BCUT2D eigenvalue weighted by Gasteiger charge is 2.48.